The van der Waals surface area contributed by atoms with E-state index in [1.54, 1.807) is 6.20 Å². The van der Waals surface area contributed by atoms with Crippen LogP contribution in [0.1, 0.15) is 44.1 Å². The van der Waals surface area contributed by atoms with Gasteiger partial charge in [0.1, 0.15) is 18.1 Å². The zero-order valence-corrected chi connectivity index (χ0v) is 22.6. The van der Waals surface area contributed by atoms with Gasteiger partial charge in [0.2, 0.25) is 29.5 Å². The summed E-state index contributed by atoms with van der Waals surface area (Å²) >= 11 is 0. The molecule has 1 aromatic heterocycles. The molecule has 4 atom stereocenters. The van der Waals surface area contributed by atoms with Gasteiger partial charge in [-0.25, -0.2) is 4.79 Å². The van der Waals surface area contributed by atoms with Crippen molar-refractivity contribution in [1.29, 1.82) is 0 Å². The largest absolute Gasteiger partial charge is 0.480 e. The average molecular weight is 575 g/mol. The zero-order chi connectivity index (χ0) is 30.5. The van der Waals surface area contributed by atoms with Crippen LogP contribution in [0.15, 0.2) is 30.5 Å². The summed E-state index contributed by atoms with van der Waals surface area (Å²) in [4.78, 5) is 76.4. The van der Waals surface area contributed by atoms with Gasteiger partial charge in [-0.1, -0.05) is 18.2 Å². The normalized spacial score (nSPS) is 13.9. The number of carbonyl (C=O) groups is 6. The van der Waals surface area contributed by atoms with Crippen molar-refractivity contribution < 1.29 is 33.9 Å². The van der Waals surface area contributed by atoms with Crippen LogP contribution in [0.3, 0.4) is 0 Å². The van der Waals surface area contributed by atoms with Crippen molar-refractivity contribution in [3.63, 3.8) is 0 Å². The van der Waals surface area contributed by atoms with Gasteiger partial charge in [0.05, 0.1) is 12.5 Å². The van der Waals surface area contributed by atoms with Crippen LogP contribution in [0.5, 0.6) is 0 Å². The number of nitrogens with two attached hydrogens (primary N) is 4. The summed E-state index contributed by atoms with van der Waals surface area (Å²) in [5.41, 5.74) is 23.2. The van der Waals surface area contributed by atoms with Crippen LogP contribution in [0.4, 0.5) is 0 Å². The van der Waals surface area contributed by atoms with E-state index in [4.69, 9.17) is 22.9 Å². The van der Waals surface area contributed by atoms with Crippen LogP contribution in [-0.2, 0) is 35.2 Å². The Morgan fingerprint density at radius 3 is 2.10 bits per heavy atom. The molecule has 224 valence electrons. The van der Waals surface area contributed by atoms with Gasteiger partial charge in [0, 0.05) is 29.9 Å². The first-order chi connectivity index (χ1) is 19.4. The highest BCUT2D eigenvalue weighted by molar-refractivity contribution is 5.95. The smallest absolute Gasteiger partial charge is 0.326 e. The predicted molar refractivity (Wildman–Crippen MR) is 149 cm³/mol. The topological polar surface area (TPSA) is 279 Å². The summed E-state index contributed by atoms with van der Waals surface area (Å²) in [6, 6.07) is 2.18. The van der Waals surface area contributed by atoms with Crippen LogP contribution in [0.2, 0.25) is 0 Å². The first-order valence-corrected chi connectivity index (χ1v) is 13.1. The Bertz CT molecular complexity index is 1250. The van der Waals surface area contributed by atoms with Gasteiger partial charge in [-0.3, -0.25) is 24.0 Å². The van der Waals surface area contributed by atoms with Gasteiger partial charge in [0.15, 0.2) is 0 Å². The molecule has 0 aliphatic heterocycles. The molecule has 5 amide bonds. The fraction of sp³-hybridized carbons (Fsp3) is 0.462. The lowest BCUT2D eigenvalue weighted by Crippen LogP contribution is -2.57. The van der Waals surface area contributed by atoms with E-state index in [0.29, 0.717) is 24.9 Å². The maximum Gasteiger partial charge on any atom is 0.326 e. The standard InChI is InChI=1S/C26H38N8O7/c27-10-4-3-7-18(24(38)34-20(26(40)41)12-22(30)36)32-25(39)19(33-23(37)16(28)8-9-21(29)35)11-14-13-31-17-6-2-1-5-15(14)17/h1-2,5-6,13,16,18-20,31H,3-4,7-12,27-28H2,(H2,29,35)(H2,30,36)(H,32,39)(H,33,37)(H,34,38)(H,40,41). The summed E-state index contributed by atoms with van der Waals surface area (Å²) in [6.07, 6.45) is 1.93. The van der Waals surface area contributed by atoms with E-state index in [0.717, 1.165) is 10.9 Å². The van der Waals surface area contributed by atoms with Crippen molar-refractivity contribution in [2.75, 3.05) is 6.54 Å². The van der Waals surface area contributed by atoms with Crippen molar-refractivity contribution in [2.24, 2.45) is 22.9 Å². The maximum atomic E-state index is 13.5. The Kier molecular flexibility index (Phi) is 12.7. The molecule has 0 saturated carbocycles. The number of carboxylic acids is 1. The number of aromatic amines is 1. The average Bonchev–Trinajstić information content (AvgIpc) is 3.32. The van der Waals surface area contributed by atoms with E-state index in [-0.39, 0.29) is 25.7 Å². The molecule has 0 bridgehead atoms. The van der Waals surface area contributed by atoms with Crippen molar-refractivity contribution in [1.82, 2.24) is 20.9 Å². The summed E-state index contributed by atoms with van der Waals surface area (Å²) in [7, 11) is 0. The summed E-state index contributed by atoms with van der Waals surface area (Å²) in [6.45, 7) is 0.324. The number of para-hydroxylation sites is 1. The second-order valence-electron chi connectivity index (χ2n) is 9.65. The van der Waals surface area contributed by atoms with E-state index in [1.807, 2.05) is 24.3 Å². The number of H-pyrrole nitrogens is 1. The highest BCUT2D eigenvalue weighted by Gasteiger charge is 2.31. The number of rotatable bonds is 18. The minimum Gasteiger partial charge on any atom is -0.480 e. The maximum absolute atomic E-state index is 13.5. The number of carboxylic acid groups (broad SMARTS) is 1. The highest BCUT2D eigenvalue weighted by atomic mass is 16.4. The van der Waals surface area contributed by atoms with Crippen LogP contribution in [0.25, 0.3) is 10.9 Å². The molecule has 2 aromatic rings. The number of fused-ring (bicyclic) bond motifs is 1. The third-order valence-electron chi connectivity index (χ3n) is 6.37. The number of aromatic nitrogens is 1. The Morgan fingerprint density at radius 2 is 1.46 bits per heavy atom. The minimum absolute atomic E-state index is 0.0146. The molecule has 0 fully saturated rings. The number of hydrogen-bond acceptors (Lipinski definition) is 8. The van der Waals surface area contributed by atoms with Crippen molar-refractivity contribution >= 4 is 46.4 Å². The molecule has 13 N–H and O–H groups in total. The fourth-order valence-electron chi connectivity index (χ4n) is 4.14. The molecule has 0 spiro atoms. The van der Waals surface area contributed by atoms with Crippen LogP contribution < -0.4 is 38.9 Å². The van der Waals surface area contributed by atoms with Gasteiger partial charge in [-0.15, -0.1) is 0 Å². The Morgan fingerprint density at radius 1 is 0.829 bits per heavy atom. The monoisotopic (exact) mass is 574 g/mol. The third kappa shape index (κ3) is 10.5. The number of amides is 5. The molecule has 0 aliphatic rings. The molecule has 0 aliphatic carbocycles. The van der Waals surface area contributed by atoms with Crippen LogP contribution >= 0.6 is 0 Å². The lowest BCUT2D eigenvalue weighted by Gasteiger charge is -2.25. The molecule has 1 aromatic carbocycles. The van der Waals surface area contributed by atoms with Gasteiger partial charge >= 0.3 is 5.97 Å². The molecule has 1 heterocycles. The zero-order valence-electron chi connectivity index (χ0n) is 22.6. The van der Waals surface area contributed by atoms with E-state index in [2.05, 4.69) is 20.9 Å². The Hall–Kier alpha value is -4.50. The Balaban J connectivity index is 2.30. The van der Waals surface area contributed by atoms with Crippen LogP contribution in [-0.4, -0.2) is 76.3 Å². The number of primary amides is 2. The number of carbonyl (C=O) groups excluding carboxylic acids is 5. The number of aliphatic carboxylic acids is 1. The highest BCUT2D eigenvalue weighted by Crippen LogP contribution is 2.19. The first kappa shape index (κ1) is 32.7. The number of benzene rings is 1. The Labute approximate surface area is 236 Å². The van der Waals surface area contributed by atoms with Crippen molar-refractivity contribution in [3.05, 3.63) is 36.0 Å². The molecule has 15 nitrogen and oxygen atoms in total. The summed E-state index contributed by atoms with van der Waals surface area (Å²) in [5.74, 6) is -5.33. The molecule has 15 heteroatoms. The predicted octanol–water partition coefficient (Wildman–Crippen LogP) is -2.15. The van der Waals surface area contributed by atoms with Gasteiger partial charge in [0.25, 0.3) is 0 Å². The fourth-order valence-corrected chi connectivity index (χ4v) is 4.14. The summed E-state index contributed by atoms with van der Waals surface area (Å²) in [5, 5.41) is 17.6. The minimum atomic E-state index is -1.60. The van der Waals surface area contributed by atoms with Crippen LogP contribution in [0, 0.1) is 0 Å². The van der Waals surface area contributed by atoms with E-state index < -0.39 is 66.1 Å². The third-order valence-corrected chi connectivity index (χ3v) is 6.37. The number of unbranched alkanes of at least 4 members (excludes halogenated alkanes) is 1. The second kappa shape index (κ2) is 15.9. The molecule has 2 rings (SSSR count). The molecule has 4 unspecified atom stereocenters. The van der Waals surface area contributed by atoms with Gasteiger partial charge in [-0.05, 0) is 43.9 Å². The molecule has 0 saturated heterocycles. The first-order valence-electron chi connectivity index (χ1n) is 13.1. The lowest BCUT2D eigenvalue weighted by molar-refractivity contribution is -0.143. The molecular weight excluding hydrogens is 536 g/mol. The van der Waals surface area contributed by atoms with Crippen molar-refractivity contribution in [3.8, 4) is 0 Å². The van der Waals surface area contributed by atoms with E-state index in [9.17, 15) is 33.9 Å². The summed E-state index contributed by atoms with van der Waals surface area (Å²) < 4.78 is 0. The molecular formula is C26H38N8O7. The second-order valence-corrected chi connectivity index (χ2v) is 9.65. The molecule has 0 radical (unpaired) electrons. The number of hydrogen-bond donors (Lipinski definition) is 9. The van der Waals surface area contributed by atoms with Gasteiger partial charge < -0.3 is 49.0 Å². The van der Waals surface area contributed by atoms with E-state index in [1.165, 1.54) is 0 Å². The quantitative estimate of drug-likeness (QED) is 0.0876. The van der Waals surface area contributed by atoms with E-state index >= 15 is 0 Å². The van der Waals surface area contributed by atoms with Gasteiger partial charge in [-0.2, -0.15) is 0 Å². The lowest BCUT2D eigenvalue weighted by atomic mass is 10.0. The molecule has 41 heavy (non-hydrogen) atoms. The van der Waals surface area contributed by atoms with Crippen molar-refractivity contribution in [2.45, 2.75) is 69.1 Å². The number of nitrogens with one attached hydrogen (secondary N) is 4. The SMILES string of the molecule is NCCCCC(NC(=O)C(Cc1c[nH]c2ccccc12)NC(=O)C(N)CCC(N)=O)C(=O)NC(CC(N)=O)C(=O)O.